The van der Waals surface area contributed by atoms with Crippen LogP contribution >= 0.6 is 23.2 Å². The van der Waals surface area contributed by atoms with E-state index in [1.54, 1.807) is 30.3 Å². The van der Waals surface area contributed by atoms with Crippen molar-refractivity contribution in [3.05, 3.63) is 57.6 Å². The van der Waals surface area contributed by atoms with Gasteiger partial charge < -0.3 is 9.80 Å². The van der Waals surface area contributed by atoms with Crippen LogP contribution in [0.1, 0.15) is 33.6 Å². The molecule has 7 nitrogen and oxygen atoms in total. The molecule has 30 heavy (non-hydrogen) atoms. The fourth-order valence-corrected chi connectivity index (χ4v) is 4.95. The van der Waals surface area contributed by atoms with E-state index in [0.29, 0.717) is 52.9 Å². The van der Waals surface area contributed by atoms with Gasteiger partial charge in [0.05, 0.1) is 5.52 Å². The highest BCUT2D eigenvalue weighted by Crippen LogP contribution is 2.41. The average Bonchev–Trinajstić information content (AvgIpc) is 3.18. The van der Waals surface area contributed by atoms with E-state index in [9.17, 15) is 9.59 Å². The fraction of sp³-hybridized carbons (Fsp3) is 0.333. The molecule has 2 aromatic carbocycles. The summed E-state index contributed by atoms with van der Waals surface area (Å²) >= 11 is 12.1. The first-order chi connectivity index (χ1) is 14.4. The van der Waals surface area contributed by atoms with Crippen molar-refractivity contribution in [2.75, 3.05) is 26.2 Å². The first-order valence-corrected chi connectivity index (χ1v) is 10.5. The number of nitrogens with one attached hydrogen (secondary N) is 1. The number of H-pyrrole nitrogens is 1. The molecule has 0 radical (unpaired) electrons. The van der Waals surface area contributed by atoms with Gasteiger partial charge in [0.25, 0.3) is 11.8 Å². The number of rotatable bonds is 2. The number of amides is 2. The second kappa shape index (κ2) is 7.25. The van der Waals surface area contributed by atoms with E-state index in [1.165, 1.54) is 0 Å². The van der Waals surface area contributed by atoms with Crippen molar-refractivity contribution in [1.29, 1.82) is 0 Å². The number of carbonyl (C=O) groups excluding carboxylic acids is 2. The summed E-state index contributed by atoms with van der Waals surface area (Å²) in [6.45, 7) is 2.76. The van der Waals surface area contributed by atoms with Crippen LogP contribution in [0.5, 0.6) is 0 Å². The van der Waals surface area contributed by atoms with Crippen molar-refractivity contribution in [2.24, 2.45) is 5.41 Å². The third-order valence-electron chi connectivity index (χ3n) is 6.13. The van der Waals surface area contributed by atoms with Gasteiger partial charge in [0, 0.05) is 52.8 Å². The SMILES string of the molecule is O=C(c1cc(Cl)cc(Cl)c1)N1CCC2(CC1)CN(C(=O)c1ccc3[nH]nnc3c1)C2. The average molecular weight is 444 g/mol. The molecule has 1 N–H and O–H groups in total. The molecule has 1 aromatic heterocycles. The summed E-state index contributed by atoms with van der Waals surface area (Å²) in [5.41, 5.74) is 2.72. The molecule has 2 amide bonds. The van der Waals surface area contributed by atoms with Crippen molar-refractivity contribution in [3.8, 4) is 0 Å². The summed E-state index contributed by atoms with van der Waals surface area (Å²) in [7, 11) is 0. The fourth-order valence-electron chi connectivity index (χ4n) is 4.42. The van der Waals surface area contributed by atoms with Crippen LogP contribution in [0.25, 0.3) is 11.0 Å². The summed E-state index contributed by atoms with van der Waals surface area (Å²) in [5.74, 6) is -0.0416. The maximum Gasteiger partial charge on any atom is 0.253 e. The molecule has 2 aliphatic rings. The molecule has 1 spiro atoms. The summed E-state index contributed by atoms with van der Waals surface area (Å²) in [4.78, 5) is 29.3. The molecule has 2 fully saturated rings. The van der Waals surface area contributed by atoms with E-state index in [1.807, 2.05) is 15.9 Å². The van der Waals surface area contributed by atoms with Gasteiger partial charge in [-0.2, -0.15) is 0 Å². The Kier molecular flexibility index (Phi) is 4.67. The Balaban J connectivity index is 1.20. The van der Waals surface area contributed by atoms with E-state index in [0.717, 1.165) is 18.4 Å². The van der Waals surface area contributed by atoms with Gasteiger partial charge in [-0.15, -0.1) is 5.10 Å². The molecule has 2 aliphatic heterocycles. The van der Waals surface area contributed by atoms with E-state index in [4.69, 9.17) is 23.2 Å². The normalized spacial score (nSPS) is 17.9. The maximum absolute atomic E-state index is 12.8. The van der Waals surface area contributed by atoms with Gasteiger partial charge in [-0.05, 0) is 49.2 Å². The van der Waals surface area contributed by atoms with Gasteiger partial charge in [0.15, 0.2) is 0 Å². The minimum absolute atomic E-state index is 0.0117. The Morgan fingerprint density at radius 3 is 2.27 bits per heavy atom. The summed E-state index contributed by atoms with van der Waals surface area (Å²) in [6, 6.07) is 10.3. The third kappa shape index (κ3) is 3.42. The number of aromatic amines is 1. The number of aromatic nitrogens is 3. The first kappa shape index (κ1) is 19.3. The highest BCUT2D eigenvalue weighted by atomic mass is 35.5. The number of benzene rings is 2. The quantitative estimate of drug-likeness (QED) is 0.655. The summed E-state index contributed by atoms with van der Waals surface area (Å²) < 4.78 is 0. The minimum atomic E-state index is -0.0533. The van der Waals surface area contributed by atoms with Crippen LogP contribution in [0, 0.1) is 5.41 Å². The smallest absolute Gasteiger partial charge is 0.253 e. The molecule has 0 bridgehead atoms. The van der Waals surface area contributed by atoms with Crippen LogP contribution in [0.2, 0.25) is 10.0 Å². The highest BCUT2D eigenvalue weighted by molar-refractivity contribution is 6.35. The highest BCUT2D eigenvalue weighted by Gasteiger charge is 2.47. The molecule has 0 aliphatic carbocycles. The summed E-state index contributed by atoms with van der Waals surface area (Å²) in [5, 5.41) is 11.4. The Hall–Kier alpha value is -2.64. The monoisotopic (exact) mass is 443 g/mol. The molecule has 3 heterocycles. The lowest BCUT2D eigenvalue weighted by Gasteiger charge is -2.54. The van der Waals surface area contributed by atoms with Gasteiger partial charge in [-0.3, -0.25) is 14.7 Å². The largest absolute Gasteiger partial charge is 0.339 e. The lowest BCUT2D eigenvalue weighted by atomic mass is 9.71. The summed E-state index contributed by atoms with van der Waals surface area (Å²) in [6.07, 6.45) is 1.75. The Bertz CT molecular complexity index is 1130. The lowest BCUT2D eigenvalue weighted by molar-refractivity contribution is -0.0288. The number of hydrogen-bond acceptors (Lipinski definition) is 4. The predicted molar refractivity (Wildman–Crippen MR) is 114 cm³/mol. The van der Waals surface area contributed by atoms with Crippen molar-refractivity contribution in [1.82, 2.24) is 25.2 Å². The van der Waals surface area contributed by atoms with Gasteiger partial charge in [0.1, 0.15) is 5.52 Å². The minimum Gasteiger partial charge on any atom is -0.339 e. The van der Waals surface area contributed by atoms with Crippen LogP contribution in [-0.2, 0) is 0 Å². The van der Waals surface area contributed by atoms with Gasteiger partial charge in [0.2, 0.25) is 0 Å². The molecule has 3 aromatic rings. The molecule has 0 saturated carbocycles. The molecular weight excluding hydrogens is 425 g/mol. The molecule has 0 atom stereocenters. The van der Waals surface area contributed by atoms with Crippen LogP contribution in [0.4, 0.5) is 0 Å². The zero-order valence-corrected chi connectivity index (χ0v) is 17.6. The lowest BCUT2D eigenvalue weighted by Crippen LogP contribution is -2.62. The zero-order valence-electron chi connectivity index (χ0n) is 16.1. The topological polar surface area (TPSA) is 82.2 Å². The van der Waals surface area contributed by atoms with Crippen molar-refractivity contribution in [2.45, 2.75) is 12.8 Å². The van der Waals surface area contributed by atoms with Crippen molar-refractivity contribution in [3.63, 3.8) is 0 Å². The molecular formula is C21H19Cl2N5O2. The van der Waals surface area contributed by atoms with E-state index in [-0.39, 0.29) is 17.2 Å². The van der Waals surface area contributed by atoms with Crippen molar-refractivity contribution < 1.29 is 9.59 Å². The van der Waals surface area contributed by atoms with Gasteiger partial charge in [-0.1, -0.05) is 28.4 Å². The number of carbonyl (C=O) groups is 2. The van der Waals surface area contributed by atoms with Crippen LogP contribution < -0.4 is 0 Å². The Labute approximate surface area is 182 Å². The van der Waals surface area contributed by atoms with E-state index < -0.39 is 0 Å². The number of nitrogens with zero attached hydrogens (tertiary/aromatic N) is 4. The Morgan fingerprint density at radius 2 is 1.57 bits per heavy atom. The second-order valence-electron chi connectivity index (χ2n) is 8.16. The number of likely N-dealkylation sites (tertiary alicyclic amines) is 2. The maximum atomic E-state index is 12.8. The van der Waals surface area contributed by atoms with Crippen LogP contribution in [0.3, 0.4) is 0 Å². The van der Waals surface area contributed by atoms with E-state index in [2.05, 4.69) is 15.4 Å². The second-order valence-corrected chi connectivity index (χ2v) is 9.03. The van der Waals surface area contributed by atoms with Crippen LogP contribution in [0.15, 0.2) is 36.4 Å². The molecule has 2 saturated heterocycles. The molecule has 5 rings (SSSR count). The number of fused-ring (bicyclic) bond motifs is 1. The van der Waals surface area contributed by atoms with E-state index >= 15 is 0 Å². The zero-order chi connectivity index (χ0) is 20.9. The number of piperidine rings is 1. The predicted octanol–water partition coefficient (Wildman–Crippen LogP) is 3.64. The Morgan fingerprint density at radius 1 is 0.900 bits per heavy atom. The van der Waals surface area contributed by atoms with Gasteiger partial charge >= 0.3 is 0 Å². The number of halogens is 2. The first-order valence-electron chi connectivity index (χ1n) is 9.78. The number of hydrogen-bond donors (Lipinski definition) is 1. The van der Waals surface area contributed by atoms with Crippen molar-refractivity contribution >= 4 is 46.0 Å². The third-order valence-corrected chi connectivity index (χ3v) is 6.57. The molecule has 154 valence electrons. The molecule has 0 unspecified atom stereocenters. The molecule has 9 heteroatoms. The van der Waals surface area contributed by atoms with Crippen LogP contribution in [-0.4, -0.2) is 63.2 Å². The standard InChI is InChI=1S/C21H19Cl2N5O2/c22-15-7-14(8-16(23)10-15)20(30)27-5-3-21(4-6-27)11-28(12-21)19(29)13-1-2-17-18(9-13)25-26-24-17/h1-2,7-10H,3-6,11-12H2,(H,24,25,26). The van der Waals surface area contributed by atoms with Gasteiger partial charge in [-0.25, -0.2) is 0 Å².